The number of carbonyl (C=O) groups excluding carboxylic acids is 2. The summed E-state index contributed by atoms with van der Waals surface area (Å²) in [5, 5.41) is 14.1. The van der Waals surface area contributed by atoms with Crippen LogP contribution in [0, 0.1) is 17.7 Å². The number of benzodiazepines with no additional fused rings is 1. The first kappa shape index (κ1) is 28.3. The second-order valence-electron chi connectivity index (χ2n) is 9.88. The Balaban J connectivity index is 1.65. The minimum atomic E-state index is -1.29. The highest BCUT2D eigenvalue weighted by atomic mass is 35.5. The van der Waals surface area contributed by atoms with Gasteiger partial charge in [-0.2, -0.15) is 0 Å². The molecule has 2 unspecified atom stereocenters. The number of para-hydroxylation sites is 1. The van der Waals surface area contributed by atoms with Crippen molar-refractivity contribution < 1.29 is 23.8 Å². The number of amides is 2. The number of rotatable bonds is 9. The standard InChI is InChI=1S/C30H31ClFN3O4/c1-18(2)15-24(26(36)17-39-22-7-5-4-6-8-22)29(37)34-28-30(38)35(3)25-14-11-20(31)16-23(25)27(33-28)19-9-12-21(32)13-10-19/h4-14,16,18,24,26,28,36H,15,17H2,1-3H3,(H,34,37)/t24?,26-,28?/m1/s1. The molecule has 4 rings (SSSR count). The summed E-state index contributed by atoms with van der Waals surface area (Å²) in [5.41, 5.74) is 2.04. The highest BCUT2D eigenvalue weighted by molar-refractivity contribution is 6.32. The van der Waals surface area contributed by atoms with Gasteiger partial charge in [0, 0.05) is 23.2 Å². The fourth-order valence-electron chi connectivity index (χ4n) is 4.48. The van der Waals surface area contributed by atoms with Crippen molar-refractivity contribution in [1.29, 1.82) is 0 Å². The first-order valence-corrected chi connectivity index (χ1v) is 13.1. The molecule has 0 bridgehead atoms. The number of hydrogen-bond donors (Lipinski definition) is 2. The van der Waals surface area contributed by atoms with Crippen molar-refractivity contribution in [2.75, 3.05) is 18.6 Å². The summed E-state index contributed by atoms with van der Waals surface area (Å²) in [7, 11) is 1.59. The molecule has 204 valence electrons. The predicted octanol–water partition coefficient (Wildman–Crippen LogP) is 4.84. The van der Waals surface area contributed by atoms with Crippen LogP contribution in [0.25, 0.3) is 0 Å². The van der Waals surface area contributed by atoms with Crippen LogP contribution in [-0.4, -0.2) is 48.6 Å². The van der Waals surface area contributed by atoms with E-state index in [0.29, 0.717) is 39.7 Å². The summed E-state index contributed by atoms with van der Waals surface area (Å²) in [6, 6.07) is 19.8. The molecule has 3 atom stereocenters. The van der Waals surface area contributed by atoms with Gasteiger partial charge >= 0.3 is 0 Å². The van der Waals surface area contributed by atoms with Crippen molar-refractivity contribution >= 4 is 34.8 Å². The van der Waals surface area contributed by atoms with E-state index in [2.05, 4.69) is 10.3 Å². The maximum absolute atomic E-state index is 13.7. The largest absolute Gasteiger partial charge is 0.491 e. The van der Waals surface area contributed by atoms with Crippen molar-refractivity contribution in [2.45, 2.75) is 32.5 Å². The lowest BCUT2D eigenvalue weighted by atomic mass is 9.91. The minimum Gasteiger partial charge on any atom is -0.491 e. The Hall–Kier alpha value is -3.75. The molecule has 0 aliphatic carbocycles. The van der Waals surface area contributed by atoms with Crippen LogP contribution in [0.4, 0.5) is 10.1 Å². The number of aliphatic hydroxyl groups excluding tert-OH is 1. The molecule has 2 N–H and O–H groups in total. The molecule has 2 amide bonds. The van der Waals surface area contributed by atoms with Crippen molar-refractivity contribution in [3.05, 3.63) is 94.8 Å². The Bertz CT molecular complexity index is 1350. The Labute approximate surface area is 232 Å². The van der Waals surface area contributed by atoms with Gasteiger partial charge in [-0.15, -0.1) is 0 Å². The maximum Gasteiger partial charge on any atom is 0.272 e. The van der Waals surface area contributed by atoms with Gasteiger partial charge in [0.15, 0.2) is 0 Å². The highest BCUT2D eigenvalue weighted by Crippen LogP contribution is 2.30. The highest BCUT2D eigenvalue weighted by Gasteiger charge is 2.35. The normalized spacial score (nSPS) is 16.7. The van der Waals surface area contributed by atoms with E-state index in [1.807, 2.05) is 32.0 Å². The summed E-state index contributed by atoms with van der Waals surface area (Å²) in [6.07, 6.45) is -2.04. The number of ether oxygens (including phenoxy) is 1. The van der Waals surface area contributed by atoms with Crippen LogP contribution in [0.2, 0.25) is 5.02 Å². The molecule has 0 spiro atoms. The van der Waals surface area contributed by atoms with Crippen molar-refractivity contribution in [3.8, 4) is 5.75 Å². The zero-order valence-corrected chi connectivity index (χ0v) is 22.7. The van der Waals surface area contributed by atoms with Crippen LogP contribution in [0.5, 0.6) is 5.75 Å². The Kier molecular flexibility index (Phi) is 8.99. The van der Waals surface area contributed by atoms with E-state index in [4.69, 9.17) is 16.3 Å². The molecule has 3 aromatic carbocycles. The number of aliphatic imine (C=N–C) groups is 1. The first-order valence-electron chi connectivity index (χ1n) is 12.7. The van der Waals surface area contributed by atoms with E-state index in [-0.39, 0.29) is 12.5 Å². The molecular weight excluding hydrogens is 521 g/mol. The number of fused-ring (bicyclic) bond motifs is 1. The zero-order chi connectivity index (χ0) is 28.1. The molecule has 1 heterocycles. The van der Waals surface area contributed by atoms with Gasteiger partial charge in [0.05, 0.1) is 23.4 Å². The topological polar surface area (TPSA) is 91.2 Å². The third-order valence-corrected chi connectivity index (χ3v) is 6.72. The molecular formula is C30H31ClFN3O4. The molecule has 1 aliphatic rings. The van der Waals surface area contributed by atoms with Gasteiger partial charge in [-0.05, 0) is 66.9 Å². The number of halogens is 2. The fourth-order valence-corrected chi connectivity index (χ4v) is 4.65. The number of carbonyl (C=O) groups is 2. The molecule has 1 aliphatic heterocycles. The van der Waals surface area contributed by atoms with E-state index < -0.39 is 35.8 Å². The van der Waals surface area contributed by atoms with Gasteiger partial charge in [-0.1, -0.05) is 43.6 Å². The van der Waals surface area contributed by atoms with E-state index in [0.717, 1.165) is 0 Å². The molecule has 39 heavy (non-hydrogen) atoms. The Morgan fingerprint density at radius 1 is 1.13 bits per heavy atom. The Morgan fingerprint density at radius 2 is 1.82 bits per heavy atom. The number of nitrogens with zero attached hydrogens (tertiary/aromatic N) is 2. The van der Waals surface area contributed by atoms with Crippen molar-refractivity contribution in [2.24, 2.45) is 16.8 Å². The van der Waals surface area contributed by atoms with Crippen LogP contribution in [0.15, 0.2) is 77.8 Å². The van der Waals surface area contributed by atoms with Crippen molar-refractivity contribution in [1.82, 2.24) is 5.32 Å². The van der Waals surface area contributed by atoms with Crippen LogP contribution in [-0.2, 0) is 9.59 Å². The summed E-state index contributed by atoms with van der Waals surface area (Å²) in [4.78, 5) is 33.1. The molecule has 0 radical (unpaired) electrons. The molecule has 0 saturated heterocycles. The van der Waals surface area contributed by atoms with Gasteiger partial charge in [0.1, 0.15) is 18.2 Å². The second-order valence-corrected chi connectivity index (χ2v) is 10.3. The number of nitrogens with one attached hydrogen (secondary N) is 1. The number of likely N-dealkylation sites (N-methyl/N-ethyl adjacent to an activating group) is 1. The number of aliphatic hydroxyl groups is 1. The van der Waals surface area contributed by atoms with Gasteiger partial charge in [0.2, 0.25) is 12.1 Å². The molecule has 0 fully saturated rings. The summed E-state index contributed by atoms with van der Waals surface area (Å²) >= 11 is 6.28. The lowest BCUT2D eigenvalue weighted by Gasteiger charge is -2.26. The minimum absolute atomic E-state index is 0.0873. The molecule has 3 aromatic rings. The van der Waals surface area contributed by atoms with E-state index in [9.17, 15) is 19.1 Å². The molecule has 7 nitrogen and oxygen atoms in total. The van der Waals surface area contributed by atoms with Crippen LogP contribution in [0.3, 0.4) is 0 Å². The molecule has 0 saturated carbocycles. The van der Waals surface area contributed by atoms with E-state index in [1.54, 1.807) is 49.5 Å². The zero-order valence-electron chi connectivity index (χ0n) is 22.0. The number of anilines is 1. The molecule has 9 heteroatoms. The van der Waals surface area contributed by atoms with Gasteiger partial charge < -0.3 is 20.1 Å². The average Bonchev–Trinajstić information content (AvgIpc) is 3.01. The monoisotopic (exact) mass is 551 g/mol. The lowest BCUT2D eigenvalue weighted by molar-refractivity contribution is -0.133. The molecule has 0 aromatic heterocycles. The van der Waals surface area contributed by atoms with Gasteiger partial charge in [-0.25, -0.2) is 9.38 Å². The quantitative estimate of drug-likeness (QED) is 0.398. The number of hydrogen-bond acceptors (Lipinski definition) is 5. The third-order valence-electron chi connectivity index (χ3n) is 6.48. The fraction of sp³-hybridized carbons (Fsp3) is 0.300. The second kappa shape index (κ2) is 12.4. The first-order chi connectivity index (χ1) is 18.6. The SMILES string of the molecule is CC(C)CC(C(=O)NC1N=C(c2ccc(F)cc2)c2cc(Cl)ccc2N(C)C1=O)[C@H](O)COc1ccccc1. The van der Waals surface area contributed by atoms with Crippen LogP contribution >= 0.6 is 11.6 Å². The maximum atomic E-state index is 13.7. The summed E-state index contributed by atoms with van der Waals surface area (Å²) in [5.74, 6) is -1.60. The Morgan fingerprint density at radius 3 is 2.49 bits per heavy atom. The summed E-state index contributed by atoms with van der Waals surface area (Å²) < 4.78 is 19.4. The average molecular weight is 552 g/mol. The summed E-state index contributed by atoms with van der Waals surface area (Å²) in [6.45, 7) is 3.79. The smallest absolute Gasteiger partial charge is 0.272 e. The lowest BCUT2D eigenvalue weighted by Crippen LogP contribution is -2.50. The van der Waals surface area contributed by atoms with Crippen LogP contribution in [0.1, 0.15) is 31.4 Å². The van der Waals surface area contributed by atoms with Gasteiger partial charge in [-0.3, -0.25) is 9.59 Å². The van der Waals surface area contributed by atoms with E-state index in [1.165, 1.54) is 17.0 Å². The third kappa shape index (κ3) is 6.82. The van der Waals surface area contributed by atoms with Gasteiger partial charge in [0.25, 0.3) is 5.91 Å². The van der Waals surface area contributed by atoms with Crippen molar-refractivity contribution in [3.63, 3.8) is 0 Å². The van der Waals surface area contributed by atoms with E-state index >= 15 is 0 Å². The predicted molar refractivity (Wildman–Crippen MR) is 150 cm³/mol. The number of benzene rings is 3. The van der Waals surface area contributed by atoms with Crippen LogP contribution < -0.4 is 15.0 Å².